The largest absolute Gasteiger partial charge is 0.383 e. The Morgan fingerprint density at radius 3 is 2.87 bits per heavy atom. The van der Waals surface area contributed by atoms with Gasteiger partial charge in [-0.25, -0.2) is 9.97 Å². The van der Waals surface area contributed by atoms with E-state index >= 15 is 0 Å². The van der Waals surface area contributed by atoms with Crippen molar-refractivity contribution in [3.8, 4) is 0 Å². The van der Waals surface area contributed by atoms with Crippen LogP contribution in [-0.4, -0.2) is 27.2 Å². The van der Waals surface area contributed by atoms with E-state index in [-0.39, 0.29) is 11.2 Å². The van der Waals surface area contributed by atoms with Crippen molar-refractivity contribution in [3.63, 3.8) is 0 Å². The SMILES string of the molecule is C[C@H](SCc1nc(N)c2ccccc2n1)C(=O)NC1CCCC1. The van der Waals surface area contributed by atoms with Gasteiger partial charge in [-0.2, -0.15) is 0 Å². The number of fused-ring (bicyclic) bond motifs is 1. The van der Waals surface area contributed by atoms with Gasteiger partial charge in [0.05, 0.1) is 16.5 Å². The minimum atomic E-state index is -0.119. The van der Waals surface area contributed by atoms with Gasteiger partial charge in [0.25, 0.3) is 0 Å². The zero-order valence-electron chi connectivity index (χ0n) is 13.3. The quantitative estimate of drug-likeness (QED) is 0.881. The molecule has 0 aliphatic heterocycles. The molecule has 0 unspecified atom stereocenters. The Morgan fingerprint density at radius 2 is 2.09 bits per heavy atom. The van der Waals surface area contributed by atoms with Gasteiger partial charge >= 0.3 is 0 Å². The number of benzene rings is 1. The molecular weight excluding hydrogens is 308 g/mol. The smallest absolute Gasteiger partial charge is 0.233 e. The Balaban J connectivity index is 1.60. The highest BCUT2D eigenvalue weighted by Gasteiger charge is 2.21. The van der Waals surface area contributed by atoms with Gasteiger partial charge in [-0.3, -0.25) is 4.79 Å². The Morgan fingerprint density at radius 1 is 1.35 bits per heavy atom. The first kappa shape index (κ1) is 16.1. The maximum Gasteiger partial charge on any atom is 0.233 e. The minimum absolute atomic E-state index is 0.107. The number of anilines is 1. The van der Waals surface area contributed by atoms with Crippen molar-refractivity contribution in [3.05, 3.63) is 30.1 Å². The number of nitrogens with zero attached hydrogens (tertiary/aromatic N) is 2. The van der Waals surface area contributed by atoms with Crippen molar-refractivity contribution in [1.82, 2.24) is 15.3 Å². The van der Waals surface area contributed by atoms with Crippen LogP contribution in [0.2, 0.25) is 0 Å². The van der Waals surface area contributed by atoms with Crippen LogP contribution in [0.15, 0.2) is 24.3 Å². The highest BCUT2D eigenvalue weighted by molar-refractivity contribution is 7.99. The average molecular weight is 330 g/mol. The predicted octanol–water partition coefficient (Wildman–Crippen LogP) is 2.89. The maximum absolute atomic E-state index is 12.2. The van der Waals surface area contributed by atoms with Gasteiger partial charge in [0, 0.05) is 11.4 Å². The molecule has 5 nitrogen and oxygen atoms in total. The molecule has 1 saturated carbocycles. The topological polar surface area (TPSA) is 80.9 Å². The van der Waals surface area contributed by atoms with Crippen molar-refractivity contribution >= 4 is 34.4 Å². The Bertz CT molecular complexity index is 700. The lowest BCUT2D eigenvalue weighted by Gasteiger charge is -2.16. The van der Waals surface area contributed by atoms with Gasteiger partial charge in [0.15, 0.2) is 0 Å². The van der Waals surface area contributed by atoms with Gasteiger partial charge in [-0.1, -0.05) is 25.0 Å². The summed E-state index contributed by atoms with van der Waals surface area (Å²) in [5.74, 6) is 1.85. The normalized spacial score (nSPS) is 16.6. The second kappa shape index (κ2) is 7.17. The van der Waals surface area contributed by atoms with Gasteiger partial charge in [0.1, 0.15) is 11.6 Å². The van der Waals surface area contributed by atoms with Crippen LogP contribution in [0.5, 0.6) is 0 Å². The van der Waals surface area contributed by atoms with Crippen LogP contribution in [0, 0.1) is 0 Å². The number of amides is 1. The van der Waals surface area contributed by atoms with E-state index in [9.17, 15) is 4.79 Å². The summed E-state index contributed by atoms with van der Waals surface area (Å²) in [6.45, 7) is 1.93. The Kier molecular flexibility index (Phi) is 5.00. The van der Waals surface area contributed by atoms with Crippen LogP contribution in [-0.2, 0) is 10.5 Å². The lowest BCUT2D eigenvalue weighted by Crippen LogP contribution is -2.37. The predicted molar refractivity (Wildman–Crippen MR) is 95.1 cm³/mol. The molecule has 0 bridgehead atoms. The fourth-order valence-electron chi connectivity index (χ4n) is 2.88. The molecule has 1 aliphatic rings. The molecule has 1 aromatic heterocycles. The van der Waals surface area contributed by atoms with E-state index in [4.69, 9.17) is 5.73 Å². The summed E-state index contributed by atoms with van der Waals surface area (Å²) >= 11 is 1.55. The molecule has 6 heteroatoms. The molecule has 1 fully saturated rings. The molecule has 122 valence electrons. The van der Waals surface area contributed by atoms with Gasteiger partial charge in [-0.05, 0) is 31.9 Å². The zero-order chi connectivity index (χ0) is 16.2. The second-order valence-corrected chi connectivity index (χ2v) is 7.31. The molecule has 1 aromatic carbocycles. The number of para-hydroxylation sites is 1. The highest BCUT2D eigenvalue weighted by atomic mass is 32.2. The molecule has 1 amide bonds. The number of carbonyl (C=O) groups excluding carboxylic acids is 1. The lowest BCUT2D eigenvalue weighted by atomic mass is 10.2. The number of aromatic nitrogens is 2. The van der Waals surface area contributed by atoms with Gasteiger partial charge in [-0.15, -0.1) is 11.8 Å². The molecule has 2 aromatic rings. The first-order valence-corrected chi connectivity index (χ1v) is 9.11. The third-order valence-electron chi connectivity index (χ3n) is 4.21. The standard InChI is InChI=1S/C17H22N4OS/c1-11(17(22)19-12-6-2-3-7-12)23-10-15-20-14-9-5-4-8-13(14)16(18)21-15/h4-5,8-9,11-12H,2-3,6-7,10H2,1H3,(H,19,22)(H2,18,20,21)/t11-/m0/s1. The number of nitrogens with one attached hydrogen (secondary N) is 1. The minimum Gasteiger partial charge on any atom is -0.383 e. The van der Waals surface area contributed by atoms with Gasteiger partial charge in [0.2, 0.25) is 5.91 Å². The average Bonchev–Trinajstić information content (AvgIpc) is 3.05. The van der Waals surface area contributed by atoms with Crippen molar-refractivity contribution in [2.75, 3.05) is 5.73 Å². The monoisotopic (exact) mass is 330 g/mol. The van der Waals surface area contributed by atoms with E-state index < -0.39 is 0 Å². The Labute approximate surface area is 140 Å². The van der Waals surface area contributed by atoms with Crippen LogP contribution >= 0.6 is 11.8 Å². The second-order valence-electron chi connectivity index (χ2n) is 5.99. The molecule has 1 atom stereocenters. The summed E-state index contributed by atoms with van der Waals surface area (Å²) in [4.78, 5) is 21.1. The van der Waals surface area contributed by atoms with Crippen LogP contribution in [0.3, 0.4) is 0 Å². The summed E-state index contributed by atoms with van der Waals surface area (Å²) in [7, 11) is 0. The van der Waals surface area contributed by atoms with E-state index in [1.54, 1.807) is 11.8 Å². The van der Waals surface area contributed by atoms with Crippen molar-refractivity contribution in [2.45, 2.75) is 49.7 Å². The van der Waals surface area contributed by atoms with Crippen molar-refractivity contribution in [2.24, 2.45) is 0 Å². The number of nitrogens with two attached hydrogens (primary N) is 1. The lowest BCUT2D eigenvalue weighted by molar-refractivity contribution is -0.120. The Hall–Kier alpha value is -1.82. The zero-order valence-corrected chi connectivity index (χ0v) is 14.1. The number of hydrogen-bond acceptors (Lipinski definition) is 5. The molecule has 3 rings (SSSR count). The third kappa shape index (κ3) is 3.93. The molecule has 0 spiro atoms. The van der Waals surface area contributed by atoms with E-state index in [1.165, 1.54) is 12.8 Å². The van der Waals surface area contributed by atoms with Crippen molar-refractivity contribution < 1.29 is 4.79 Å². The van der Waals surface area contributed by atoms with Crippen LogP contribution < -0.4 is 11.1 Å². The molecule has 3 N–H and O–H groups in total. The van der Waals surface area contributed by atoms with E-state index in [1.807, 2.05) is 31.2 Å². The molecule has 0 saturated heterocycles. The summed E-state index contributed by atoms with van der Waals surface area (Å²) in [6, 6.07) is 8.06. The summed E-state index contributed by atoms with van der Waals surface area (Å²) < 4.78 is 0. The number of thioether (sulfide) groups is 1. The first-order valence-electron chi connectivity index (χ1n) is 8.06. The molecular formula is C17H22N4OS. The fraction of sp³-hybridized carbons (Fsp3) is 0.471. The van der Waals surface area contributed by atoms with Crippen LogP contribution in [0.25, 0.3) is 10.9 Å². The van der Waals surface area contributed by atoms with E-state index in [0.29, 0.717) is 23.4 Å². The van der Waals surface area contributed by atoms with Crippen LogP contribution in [0.4, 0.5) is 5.82 Å². The number of rotatable bonds is 5. The van der Waals surface area contributed by atoms with Gasteiger partial charge < -0.3 is 11.1 Å². The summed E-state index contributed by atoms with van der Waals surface area (Å²) in [5.41, 5.74) is 6.84. The highest BCUT2D eigenvalue weighted by Crippen LogP contribution is 2.22. The number of nitrogen functional groups attached to an aromatic ring is 1. The molecule has 1 heterocycles. The third-order valence-corrected chi connectivity index (χ3v) is 5.35. The van der Waals surface area contributed by atoms with E-state index in [0.717, 1.165) is 23.7 Å². The number of carbonyl (C=O) groups is 1. The number of hydrogen-bond donors (Lipinski definition) is 2. The molecule has 0 radical (unpaired) electrons. The van der Waals surface area contributed by atoms with E-state index in [2.05, 4.69) is 15.3 Å². The first-order chi connectivity index (χ1) is 11.1. The van der Waals surface area contributed by atoms with Crippen LogP contribution in [0.1, 0.15) is 38.4 Å². The summed E-state index contributed by atoms with van der Waals surface area (Å²) in [6.07, 6.45) is 4.65. The maximum atomic E-state index is 12.2. The van der Waals surface area contributed by atoms with Crippen molar-refractivity contribution in [1.29, 1.82) is 0 Å². The fourth-order valence-corrected chi connectivity index (χ4v) is 3.63. The molecule has 23 heavy (non-hydrogen) atoms. The molecule has 1 aliphatic carbocycles. The summed E-state index contributed by atoms with van der Waals surface area (Å²) in [5, 5.41) is 3.88.